The summed E-state index contributed by atoms with van der Waals surface area (Å²) in [5, 5.41) is 17.6. The van der Waals surface area contributed by atoms with E-state index in [4.69, 9.17) is 10.00 Å². The van der Waals surface area contributed by atoms with Gasteiger partial charge >= 0.3 is 0 Å². The Balaban J connectivity index is 1.82. The lowest BCUT2D eigenvalue weighted by molar-refractivity contribution is 0.0909. The molecule has 2 aromatic carbocycles. The predicted octanol–water partition coefficient (Wildman–Crippen LogP) is 4.21. The molecular weight excluding hydrogens is 390 g/mol. The fraction of sp³-hybridized carbons (Fsp3) is 0.375. The summed E-state index contributed by atoms with van der Waals surface area (Å²) in [6.07, 6.45) is 7.65. The van der Waals surface area contributed by atoms with Crippen molar-refractivity contribution in [3.63, 3.8) is 0 Å². The Kier molecular flexibility index (Phi) is 7.88. The number of rotatable bonds is 6. The minimum absolute atomic E-state index is 0.0803. The summed E-state index contributed by atoms with van der Waals surface area (Å²) in [7, 11) is 3.18. The molecular formula is C24H29N5O2. The van der Waals surface area contributed by atoms with Gasteiger partial charge in [-0.1, -0.05) is 43.5 Å². The number of para-hydroxylation sites is 1. The first-order valence-electron chi connectivity index (χ1n) is 10.6. The molecule has 3 N–H and O–H groups in total. The number of nitrogens with zero attached hydrogens (tertiary/aromatic N) is 2. The van der Waals surface area contributed by atoms with Crippen LogP contribution in [0.5, 0.6) is 5.75 Å². The van der Waals surface area contributed by atoms with Gasteiger partial charge < -0.3 is 15.4 Å². The van der Waals surface area contributed by atoms with E-state index in [-0.39, 0.29) is 11.9 Å². The van der Waals surface area contributed by atoms with Gasteiger partial charge in [0.1, 0.15) is 5.75 Å². The Bertz CT molecular complexity index is 943. The van der Waals surface area contributed by atoms with E-state index >= 15 is 0 Å². The number of carbonyl (C=O) groups is 1. The zero-order valence-corrected chi connectivity index (χ0v) is 18.0. The van der Waals surface area contributed by atoms with Crippen molar-refractivity contribution in [3.8, 4) is 11.9 Å². The van der Waals surface area contributed by atoms with E-state index < -0.39 is 0 Å². The summed E-state index contributed by atoms with van der Waals surface area (Å²) in [6.45, 7) is 0. The van der Waals surface area contributed by atoms with Crippen molar-refractivity contribution in [3.05, 3.63) is 59.7 Å². The van der Waals surface area contributed by atoms with Gasteiger partial charge in [0.05, 0.1) is 18.7 Å². The van der Waals surface area contributed by atoms with Crippen LogP contribution in [0.4, 0.5) is 5.69 Å². The van der Waals surface area contributed by atoms with Crippen LogP contribution in [0.15, 0.2) is 53.5 Å². The average molecular weight is 420 g/mol. The number of aliphatic imine (C=N–C) groups is 1. The number of nitrogens with one attached hydrogen (secondary N) is 3. The molecule has 1 saturated carbocycles. The SMILES string of the molecule is CN=C(NC#N)Nc1ccc(C(NC(=O)c2ccccc2OC)C2CCCCC2)cc1. The zero-order valence-electron chi connectivity index (χ0n) is 18.0. The minimum atomic E-state index is -0.131. The Morgan fingerprint density at radius 1 is 1.13 bits per heavy atom. The molecule has 1 unspecified atom stereocenters. The molecule has 0 saturated heterocycles. The number of methoxy groups -OCH3 is 1. The first kappa shape index (κ1) is 22.2. The largest absolute Gasteiger partial charge is 0.496 e. The lowest BCUT2D eigenvalue weighted by atomic mass is 9.81. The molecule has 2 aromatic rings. The third-order valence-corrected chi connectivity index (χ3v) is 5.69. The molecule has 7 heteroatoms. The van der Waals surface area contributed by atoms with Gasteiger partial charge in [0.25, 0.3) is 5.91 Å². The third kappa shape index (κ3) is 5.76. The molecule has 162 valence electrons. The minimum Gasteiger partial charge on any atom is -0.496 e. The second-order valence-electron chi connectivity index (χ2n) is 7.61. The van der Waals surface area contributed by atoms with Crippen LogP contribution in [0.2, 0.25) is 0 Å². The van der Waals surface area contributed by atoms with Crippen LogP contribution in [0.3, 0.4) is 0 Å². The third-order valence-electron chi connectivity index (χ3n) is 5.69. The van der Waals surface area contributed by atoms with Gasteiger partial charge in [-0.2, -0.15) is 5.26 Å². The van der Waals surface area contributed by atoms with E-state index in [1.165, 1.54) is 19.3 Å². The second kappa shape index (κ2) is 11.0. The zero-order chi connectivity index (χ0) is 22.1. The van der Waals surface area contributed by atoms with Gasteiger partial charge in [0.15, 0.2) is 6.19 Å². The van der Waals surface area contributed by atoms with Gasteiger partial charge in [0, 0.05) is 12.7 Å². The highest BCUT2D eigenvalue weighted by Crippen LogP contribution is 2.35. The summed E-state index contributed by atoms with van der Waals surface area (Å²) in [5.74, 6) is 1.20. The Labute approximate surface area is 183 Å². The molecule has 0 heterocycles. The molecule has 0 radical (unpaired) electrons. The van der Waals surface area contributed by atoms with Crippen LogP contribution < -0.4 is 20.7 Å². The van der Waals surface area contributed by atoms with Crippen molar-refractivity contribution in [1.29, 1.82) is 5.26 Å². The topological polar surface area (TPSA) is 98.5 Å². The summed E-state index contributed by atoms with van der Waals surface area (Å²) in [5.41, 5.74) is 2.41. The standard InChI is InChI=1S/C24H29N5O2/c1-26-24(27-16-25)28-19-14-12-18(13-15-19)22(17-8-4-3-5-9-17)29-23(30)20-10-6-7-11-21(20)31-2/h6-7,10-15,17,22H,3-5,8-9H2,1-2H3,(H,29,30)(H2,26,27,28). The van der Waals surface area contributed by atoms with Crippen LogP contribution in [0, 0.1) is 17.4 Å². The predicted molar refractivity (Wildman–Crippen MR) is 122 cm³/mol. The molecule has 31 heavy (non-hydrogen) atoms. The lowest BCUT2D eigenvalue weighted by Crippen LogP contribution is -2.34. The van der Waals surface area contributed by atoms with Crippen LogP contribution in [0.25, 0.3) is 0 Å². The van der Waals surface area contributed by atoms with E-state index in [1.807, 2.05) is 42.6 Å². The lowest BCUT2D eigenvalue weighted by Gasteiger charge is -2.31. The molecule has 1 fully saturated rings. The molecule has 0 spiro atoms. The van der Waals surface area contributed by atoms with Crippen molar-refractivity contribution in [2.75, 3.05) is 19.5 Å². The summed E-state index contributed by atoms with van der Waals surface area (Å²) < 4.78 is 5.37. The first-order chi connectivity index (χ1) is 15.2. The summed E-state index contributed by atoms with van der Waals surface area (Å²) in [4.78, 5) is 17.1. The number of anilines is 1. The number of hydrogen-bond acceptors (Lipinski definition) is 4. The average Bonchev–Trinajstić information content (AvgIpc) is 2.83. The molecule has 1 aliphatic rings. The highest BCUT2D eigenvalue weighted by Gasteiger charge is 2.27. The number of nitriles is 1. The smallest absolute Gasteiger partial charge is 0.255 e. The molecule has 0 bridgehead atoms. The number of ether oxygens (including phenoxy) is 1. The van der Waals surface area contributed by atoms with Crippen molar-refractivity contribution in [1.82, 2.24) is 10.6 Å². The maximum Gasteiger partial charge on any atom is 0.255 e. The summed E-state index contributed by atoms with van der Waals surface area (Å²) >= 11 is 0. The molecule has 7 nitrogen and oxygen atoms in total. The fourth-order valence-corrected chi connectivity index (χ4v) is 4.10. The van der Waals surface area contributed by atoms with Crippen LogP contribution >= 0.6 is 0 Å². The van der Waals surface area contributed by atoms with Crippen molar-refractivity contribution in [2.24, 2.45) is 10.9 Å². The highest BCUT2D eigenvalue weighted by atomic mass is 16.5. The summed E-state index contributed by atoms with van der Waals surface area (Å²) in [6, 6.07) is 15.1. The van der Waals surface area contributed by atoms with E-state index in [0.717, 1.165) is 24.1 Å². The second-order valence-corrected chi connectivity index (χ2v) is 7.61. The Morgan fingerprint density at radius 3 is 2.48 bits per heavy atom. The van der Waals surface area contributed by atoms with Gasteiger partial charge in [-0.05, 0) is 48.6 Å². The quantitative estimate of drug-likeness (QED) is 0.282. The number of benzene rings is 2. The van der Waals surface area contributed by atoms with Crippen LogP contribution in [0.1, 0.15) is 54.1 Å². The van der Waals surface area contributed by atoms with Gasteiger partial charge in [-0.3, -0.25) is 15.1 Å². The maximum atomic E-state index is 13.1. The van der Waals surface area contributed by atoms with Gasteiger partial charge in [-0.25, -0.2) is 0 Å². The van der Waals surface area contributed by atoms with Crippen molar-refractivity contribution in [2.45, 2.75) is 38.1 Å². The van der Waals surface area contributed by atoms with Crippen LogP contribution in [-0.4, -0.2) is 26.0 Å². The molecule has 1 amide bonds. The monoisotopic (exact) mass is 419 g/mol. The number of amides is 1. The van der Waals surface area contributed by atoms with Gasteiger partial charge in [-0.15, -0.1) is 0 Å². The number of carbonyl (C=O) groups excluding carboxylic acids is 1. The van der Waals surface area contributed by atoms with E-state index in [9.17, 15) is 4.79 Å². The molecule has 1 aliphatic carbocycles. The molecule has 0 aromatic heterocycles. The van der Waals surface area contributed by atoms with E-state index in [2.05, 4.69) is 20.9 Å². The molecule has 3 rings (SSSR count). The normalized spacial score (nSPS) is 15.5. The first-order valence-corrected chi connectivity index (χ1v) is 10.6. The fourth-order valence-electron chi connectivity index (χ4n) is 4.10. The number of hydrogen-bond donors (Lipinski definition) is 3. The number of guanidine groups is 1. The van der Waals surface area contributed by atoms with E-state index in [0.29, 0.717) is 23.2 Å². The van der Waals surface area contributed by atoms with Crippen molar-refractivity contribution >= 4 is 17.6 Å². The molecule has 0 aliphatic heterocycles. The highest BCUT2D eigenvalue weighted by molar-refractivity contribution is 5.97. The van der Waals surface area contributed by atoms with E-state index in [1.54, 1.807) is 26.3 Å². The Morgan fingerprint density at radius 2 is 1.84 bits per heavy atom. The van der Waals surface area contributed by atoms with Crippen molar-refractivity contribution < 1.29 is 9.53 Å². The molecule has 1 atom stereocenters. The van der Waals surface area contributed by atoms with Gasteiger partial charge in [0.2, 0.25) is 5.96 Å². The van der Waals surface area contributed by atoms with Crippen LogP contribution in [-0.2, 0) is 0 Å². The Hall–Kier alpha value is -3.53. The maximum absolute atomic E-state index is 13.1.